The van der Waals surface area contributed by atoms with Gasteiger partial charge in [0.05, 0.1) is 11.2 Å². The minimum absolute atomic E-state index is 0.237. The standard InChI is InChI=1S/C17H24BFO2S2/c1-16(2)17(3,4)21-18(20-16)15(19)14(13-7-10-23-11-13)12-5-8-22-9-6-12/h7,10-12H,5-6,8-9H2,1-4H3. The van der Waals surface area contributed by atoms with E-state index in [-0.39, 0.29) is 11.6 Å². The molecule has 1 aromatic heterocycles. The number of halogens is 1. The Morgan fingerprint density at radius 2 is 1.78 bits per heavy atom. The van der Waals surface area contributed by atoms with E-state index in [0.717, 1.165) is 35.5 Å². The van der Waals surface area contributed by atoms with Gasteiger partial charge in [-0.25, -0.2) is 4.39 Å². The first-order valence-corrected chi connectivity index (χ1v) is 10.3. The van der Waals surface area contributed by atoms with Gasteiger partial charge in [-0.1, -0.05) is 0 Å². The maximum atomic E-state index is 15.4. The maximum absolute atomic E-state index is 15.4. The molecule has 0 spiro atoms. The number of rotatable bonds is 3. The molecule has 2 aliphatic rings. The maximum Gasteiger partial charge on any atom is 0.525 e. The number of hydrogen-bond acceptors (Lipinski definition) is 4. The summed E-state index contributed by atoms with van der Waals surface area (Å²) in [6, 6.07) is 2.01. The van der Waals surface area contributed by atoms with Gasteiger partial charge in [-0.3, -0.25) is 0 Å². The summed E-state index contributed by atoms with van der Waals surface area (Å²) in [5.41, 5.74) is 0.511. The van der Waals surface area contributed by atoms with Crippen LogP contribution in [0.4, 0.5) is 4.39 Å². The molecule has 3 heterocycles. The molecule has 2 nitrogen and oxygen atoms in total. The number of hydrogen-bond donors (Lipinski definition) is 0. The third kappa shape index (κ3) is 3.41. The van der Waals surface area contributed by atoms with Crippen LogP contribution in [0.3, 0.4) is 0 Å². The third-order valence-corrected chi connectivity index (χ3v) is 6.91. The lowest BCUT2D eigenvalue weighted by Crippen LogP contribution is -2.41. The summed E-state index contributed by atoms with van der Waals surface area (Å²) in [5, 5.41) is 4.03. The smallest absolute Gasteiger partial charge is 0.398 e. The molecule has 0 saturated carbocycles. The van der Waals surface area contributed by atoms with E-state index in [1.54, 1.807) is 11.3 Å². The van der Waals surface area contributed by atoms with Crippen LogP contribution >= 0.6 is 23.1 Å². The fourth-order valence-electron chi connectivity index (χ4n) is 3.05. The highest BCUT2D eigenvalue weighted by atomic mass is 32.2. The average Bonchev–Trinajstić information content (AvgIpc) is 3.07. The molecule has 2 saturated heterocycles. The van der Waals surface area contributed by atoms with E-state index in [1.807, 2.05) is 56.3 Å². The first kappa shape index (κ1) is 17.5. The largest absolute Gasteiger partial charge is 0.525 e. The van der Waals surface area contributed by atoms with Crippen molar-refractivity contribution in [2.24, 2.45) is 5.92 Å². The van der Waals surface area contributed by atoms with E-state index < -0.39 is 18.3 Å². The van der Waals surface area contributed by atoms with Gasteiger partial charge in [0.2, 0.25) is 0 Å². The van der Waals surface area contributed by atoms with E-state index in [0.29, 0.717) is 0 Å². The highest BCUT2D eigenvalue weighted by molar-refractivity contribution is 7.99. The fourth-order valence-corrected chi connectivity index (χ4v) is 4.81. The Labute approximate surface area is 147 Å². The topological polar surface area (TPSA) is 18.5 Å². The van der Waals surface area contributed by atoms with E-state index in [9.17, 15) is 0 Å². The van der Waals surface area contributed by atoms with E-state index in [4.69, 9.17) is 9.31 Å². The van der Waals surface area contributed by atoms with Crippen molar-refractivity contribution in [2.75, 3.05) is 11.5 Å². The minimum Gasteiger partial charge on any atom is -0.398 e. The van der Waals surface area contributed by atoms with Crippen LogP contribution in [0.1, 0.15) is 46.1 Å². The van der Waals surface area contributed by atoms with Gasteiger partial charge in [-0.2, -0.15) is 23.1 Å². The molecule has 0 bridgehead atoms. The molecule has 23 heavy (non-hydrogen) atoms. The zero-order valence-corrected chi connectivity index (χ0v) is 15.9. The summed E-state index contributed by atoms with van der Waals surface area (Å²) in [6.45, 7) is 7.84. The van der Waals surface area contributed by atoms with Crippen molar-refractivity contribution < 1.29 is 13.7 Å². The van der Waals surface area contributed by atoms with Crippen molar-refractivity contribution in [2.45, 2.75) is 51.7 Å². The lowest BCUT2D eigenvalue weighted by atomic mass is 9.77. The van der Waals surface area contributed by atoms with Crippen molar-refractivity contribution in [3.05, 3.63) is 28.1 Å². The molecule has 0 atom stereocenters. The van der Waals surface area contributed by atoms with Crippen molar-refractivity contribution in [1.29, 1.82) is 0 Å². The molecule has 0 aliphatic carbocycles. The van der Waals surface area contributed by atoms with Gasteiger partial charge in [0, 0.05) is 0 Å². The second-order valence-electron chi connectivity index (χ2n) is 7.25. The highest BCUT2D eigenvalue weighted by Gasteiger charge is 2.53. The summed E-state index contributed by atoms with van der Waals surface area (Å²) in [7, 11) is -0.899. The van der Waals surface area contributed by atoms with Crippen molar-refractivity contribution in [3.8, 4) is 0 Å². The van der Waals surface area contributed by atoms with Gasteiger partial charge < -0.3 is 9.31 Å². The van der Waals surface area contributed by atoms with Crippen molar-refractivity contribution >= 4 is 35.8 Å². The summed E-state index contributed by atoms with van der Waals surface area (Å²) in [5.74, 6) is 2.44. The summed E-state index contributed by atoms with van der Waals surface area (Å²) in [4.78, 5) is 0. The Balaban J connectivity index is 1.96. The molecule has 1 aromatic rings. The van der Waals surface area contributed by atoms with Crippen LogP contribution in [0.15, 0.2) is 22.6 Å². The van der Waals surface area contributed by atoms with E-state index >= 15 is 4.39 Å². The number of thioether (sulfide) groups is 1. The van der Waals surface area contributed by atoms with Crippen LogP contribution in [0.2, 0.25) is 0 Å². The zero-order chi connectivity index (χ0) is 16.7. The summed E-state index contributed by atoms with van der Waals surface area (Å²) < 4.78 is 27.3. The average molecular weight is 354 g/mol. The molecule has 0 radical (unpaired) electrons. The predicted molar refractivity (Wildman–Crippen MR) is 98.5 cm³/mol. The van der Waals surface area contributed by atoms with Gasteiger partial charge in [-0.15, -0.1) is 0 Å². The molecular weight excluding hydrogens is 330 g/mol. The van der Waals surface area contributed by atoms with Crippen molar-refractivity contribution in [3.63, 3.8) is 0 Å². The molecule has 0 unspecified atom stereocenters. The molecule has 3 rings (SSSR count). The van der Waals surface area contributed by atoms with Crippen LogP contribution in [0.5, 0.6) is 0 Å². The van der Waals surface area contributed by atoms with Crippen LogP contribution in [-0.2, 0) is 9.31 Å². The van der Waals surface area contributed by atoms with Crippen LogP contribution < -0.4 is 0 Å². The molecule has 0 N–H and O–H groups in total. The Bertz CT molecular complexity index is 561. The van der Waals surface area contributed by atoms with Gasteiger partial charge >= 0.3 is 7.12 Å². The van der Waals surface area contributed by atoms with E-state index in [2.05, 4.69) is 0 Å². The zero-order valence-electron chi connectivity index (χ0n) is 14.2. The first-order valence-electron chi connectivity index (χ1n) is 8.17. The van der Waals surface area contributed by atoms with Crippen LogP contribution in [0, 0.1) is 5.92 Å². The van der Waals surface area contributed by atoms with Crippen molar-refractivity contribution in [1.82, 2.24) is 0 Å². The van der Waals surface area contributed by atoms with Crippen LogP contribution in [-0.4, -0.2) is 29.8 Å². The lowest BCUT2D eigenvalue weighted by Gasteiger charge is -2.32. The summed E-state index contributed by atoms with van der Waals surface area (Å²) in [6.07, 6.45) is 2.03. The Hall–Kier alpha value is -0.295. The highest BCUT2D eigenvalue weighted by Crippen LogP contribution is 2.43. The third-order valence-electron chi connectivity index (χ3n) is 5.18. The summed E-state index contributed by atoms with van der Waals surface area (Å²) >= 11 is 3.56. The van der Waals surface area contributed by atoms with E-state index in [1.165, 1.54) is 0 Å². The lowest BCUT2D eigenvalue weighted by molar-refractivity contribution is 0.00578. The molecule has 126 valence electrons. The van der Waals surface area contributed by atoms with Gasteiger partial charge in [0.1, 0.15) is 5.73 Å². The Kier molecular flexibility index (Phi) is 4.99. The van der Waals surface area contributed by atoms with Gasteiger partial charge in [0.15, 0.2) is 0 Å². The minimum atomic E-state index is -0.899. The van der Waals surface area contributed by atoms with Gasteiger partial charge in [0.25, 0.3) is 0 Å². The Morgan fingerprint density at radius 3 is 2.30 bits per heavy atom. The molecule has 2 aliphatic heterocycles. The van der Waals surface area contributed by atoms with Gasteiger partial charge in [-0.05, 0) is 85.9 Å². The predicted octanol–water partition coefficient (Wildman–Crippen LogP) is 5.20. The molecule has 0 amide bonds. The van der Waals surface area contributed by atoms with Crippen LogP contribution in [0.25, 0.3) is 5.57 Å². The molecular formula is C17H24BFO2S2. The second kappa shape index (κ2) is 6.55. The fraction of sp³-hybridized carbons (Fsp3) is 0.647. The number of allylic oxidation sites excluding steroid dienone is 1. The Morgan fingerprint density at radius 1 is 1.17 bits per heavy atom. The SMILES string of the molecule is CC1(C)OB(C(F)=C(c2ccsc2)C2CCSCC2)OC1(C)C. The quantitative estimate of drug-likeness (QED) is 0.695. The molecule has 2 fully saturated rings. The second-order valence-corrected chi connectivity index (χ2v) is 9.25. The normalized spacial score (nSPS) is 25.5. The number of thiophene rings is 1. The molecule has 0 aromatic carbocycles. The molecule has 6 heteroatoms. The first-order chi connectivity index (χ1) is 10.8. The monoisotopic (exact) mass is 354 g/mol.